The fourth-order valence-corrected chi connectivity index (χ4v) is 7.85. The Morgan fingerprint density at radius 1 is 1.12 bits per heavy atom. The predicted molar refractivity (Wildman–Crippen MR) is 96.5 cm³/mol. The van der Waals surface area contributed by atoms with E-state index < -0.39 is 0 Å². The van der Waals surface area contributed by atoms with E-state index in [0.29, 0.717) is 35.0 Å². The number of ketones is 1. The van der Waals surface area contributed by atoms with Crippen LogP contribution in [0, 0.1) is 34.5 Å². The minimum Gasteiger partial charge on any atom is -0.303 e. The predicted octanol–water partition coefficient (Wildman–Crippen LogP) is 4.22. The zero-order chi connectivity index (χ0) is 16.7. The van der Waals surface area contributed by atoms with Gasteiger partial charge in [0.25, 0.3) is 0 Å². The molecule has 1 aliphatic heterocycles. The third-order valence-corrected chi connectivity index (χ3v) is 9.11. The molecule has 0 aromatic rings. The molecule has 0 aromatic heterocycles. The quantitative estimate of drug-likeness (QED) is 0.664. The molecule has 5 aliphatic rings. The van der Waals surface area contributed by atoms with E-state index in [1.165, 1.54) is 50.6 Å². The maximum Gasteiger partial charge on any atom is 0.159 e. The SMILES string of the molecule is C[C@H]1[C@H]2CC[C@H]3[C@@H]4C(=O)C=C5C=CCC[C@]5(C)[C@H]4CC[C@]23CN1C. The molecule has 0 unspecified atom stereocenters. The monoisotopic (exact) mass is 325 g/mol. The molecule has 130 valence electrons. The third kappa shape index (κ3) is 1.69. The number of rotatable bonds is 0. The Kier molecular flexibility index (Phi) is 3.10. The smallest absolute Gasteiger partial charge is 0.159 e. The van der Waals surface area contributed by atoms with Gasteiger partial charge in [-0.1, -0.05) is 19.1 Å². The number of fused-ring (bicyclic) bond motifs is 4. The van der Waals surface area contributed by atoms with Crippen molar-refractivity contribution in [3.05, 3.63) is 23.8 Å². The van der Waals surface area contributed by atoms with E-state index in [9.17, 15) is 4.79 Å². The molecule has 2 heteroatoms. The maximum atomic E-state index is 13.2. The van der Waals surface area contributed by atoms with Crippen LogP contribution in [0.3, 0.4) is 0 Å². The summed E-state index contributed by atoms with van der Waals surface area (Å²) in [5, 5.41) is 0. The van der Waals surface area contributed by atoms with Gasteiger partial charge in [-0.3, -0.25) is 4.79 Å². The molecule has 24 heavy (non-hydrogen) atoms. The van der Waals surface area contributed by atoms with E-state index >= 15 is 0 Å². The average molecular weight is 325 g/mol. The van der Waals surface area contributed by atoms with Gasteiger partial charge in [-0.05, 0) is 92.7 Å². The van der Waals surface area contributed by atoms with Crippen LogP contribution in [0.5, 0.6) is 0 Å². The lowest BCUT2D eigenvalue weighted by Gasteiger charge is -2.55. The molecule has 5 rings (SSSR count). The number of hydrogen-bond acceptors (Lipinski definition) is 2. The van der Waals surface area contributed by atoms with E-state index in [1.54, 1.807) is 0 Å². The van der Waals surface area contributed by atoms with Crippen molar-refractivity contribution >= 4 is 5.78 Å². The highest BCUT2D eigenvalue weighted by molar-refractivity contribution is 5.95. The normalized spacial score (nSPS) is 53.2. The maximum absolute atomic E-state index is 13.2. The minimum atomic E-state index is 0.253. The molecule has 0 aromatic carbocycles. The summed E-state index contributed by atoms with van der Waals surface area (Å²) in [7, 11) is 2.30. The third-order valence-electron chi connectivity index (χ3n) is 9.11. The summed E-state index contributed by atoms with van der Waals surface area (Å²) in [5.74, 6) is 2.83. The van der Waals surface area contributed by atoms with Crippen molar-refractivity contribution in [3.63, 3.8) is 0 Å². The molecule has 3 fully saturated rings. The number of carbonyl (C=O) groups excluding carboxylic acids is 1. The van der Waals surface area contributed by atoms with Crippen LogP contribution in [-0.4, -0.2) is 30.3 Å². The lowest BCUT2D eigenvalue weighted by atomic mass is 9.47. The fourth-order valence-electron chi connectivity index (χ4n) is 7.85. The average Bonchev–Trinajstić information content (AvgIpc) is 3.03. The standard InChI is InChI=1S/C22H31NO/c1-14-16-7-8-18-20-17(9-11-22(16,18)13-23(14)3)21(2)10-5-4-6-15(21)12-19(20)24/h4,6,12,14,16-18,20H,5,7-11,13H2,1-3H3/t14-,16+,17-,18-,20+,21-,22-/m0/s1. The second kappa shape index (κ2) is 4.84. The first-order valence-corrected chi connectivity index (χ1v) is 10.1. The van der Waals surface area contributed by atoms with Gasteiger partial charge in [-0.25, -0.2) is 0 Å². The lowest BCUT2D eigenvalue weighted by molar-refractivity contribution is -0.132. The Morgan fingerprint density at radius 3 is 2.75 bits per heavy atom. The van der Waals surface area contributed by atoms with E-state index in [-0.39, 0.29) is 5.41 Å². The first kappa shape index (κ1) is 15.4. The minimum absolute atomic E-state index is 0.253. The van der Waals surface area contributed by atoms with Crippen LogP contribution in [0.4, 0.5) is 0 Å². The van der Waals surface area contributed by atoms with E-state index in [1.807, 2.05) is 6.08 Å². The molecular formula is C22H31NO. The summed E-state index contributed by atoms with van der Waals surface area (Å²) in [6, 6.07) is 0.699. The molecule has 1 spiro atoms. The van der Waals surface area contributed by atoms with Gasteiger partial charge in [-0.2, -0.15) is 0 Å². The van der Waals surface area contributed by atoms with Crippen molar-refractivity contribution in [1.82, 2.24) is 4.90 Å². The lowest BCUT2D eigenvalue weighted by Crippen LogP contribution is -2.53. The molecule has 2 saturated carbocycles. The molecule has 1 saturated heterocycles. The van der Waals surface area contributed by atoms with Crippen molar-refractivity contribution in [3.8, 4) is 0 Å². The zero-order valence-electron chi connectivity index (χ0n) is 15.4. The summed E-state index contributed by atoms with van der Waals surface area (Å²) >= 11 is 0. The summed E-state index contributed by atoms with van der Waals surface area (Å²) < 4.78 is 0. The van der Waals surface area contributed by atoms with Gasteiger partial charge < -0.3 is 4.90 Å². The highest BCUT2D eigenvalue weighted by Gasteiger charge is 2.65. The first-order valence-electron chi connectivity index (χ1n) is 10.1. The Bertz CT molecular complexity index is 648. The van der Waals surface area contributed by atoms with Crippen LogP contribution in [-0.2, 0) is 4.79 Å². The fraction of sp³-hybridized carbons (Fsp3) is 0.773. The summed E-state index contributed by atoms with van der Waals surface area (Å²) in [4.78, 5) is 15.8. The van der Waals surface area contributed by atoms with Crippen LogP contribution in [0.1, 0.15) is 52.4 Å². The van der Waals surface area contributed by atoms with Crippen molar-refractivity contribution in [2.24, 2.45) is 34.5 Å². The number of hydrogen-bond donors (Lipinski definition) is 0. The van der Waals surface area contributed by atoms with Gasteiger partial charge in [0.05, 0.1) is 0 Å². The van der Waals surface area contributed by atoms with Crippen LogP contribution < -0.4 is 0 Å². The Morgan fingerprint density at radius 2 is 1.92 bits per heavy atom. The van der Waals surface area contributed by atoms with Crippen molar-refractivity contribution in [2.45, 2.75) is 58.4 Å². The van der Waals surface area contributed by atoms with Crippen LogP contribution in [0.15, 0.2) is 23.8 Å². The first-order chi connectivity index (χ1) is 11.5. The van der Waals surface area contributed by atoms with Crippen molar-refractivity contribution in [1.29, 1.82) is 0 Å². The second-order valence-corrected chi connectivity index (χ2v) is 9.71. The number of allylic oxidation sites excluding steroid dienone is 4. The molecule has 4 aliphatic carbocycles. The van der Waals surface area contributed by atoms with Gasteiger partial charge in [0.1, 0.15) is 0 Å². The van der Waals surface area contributed by atoms with Gasteiger partial charge >= 0.3 is 0 Å². The molecular weight excluding hydrogens is 294 g/mol. The molecule has 0 amide bonds. The van der Waals surface area contributed by atoms with Gasteiger partial charge in [0, 0.05) is 18.5 Å². The highest BCUT2D eigenvalue weighted by Crippen LogP contribution is 2.67. The number of nitrogens with zero attached hydrogens (tertiary/aromatic N) is 1. The molecule has 0 radical (unpaired) electrons. The van der Waals surface area contributed by atoms with Crippen LogP contribution in [0.2, 0.25) is 0 Å². The highest BCUT2D eigenvalue weighted by atomic mass is 16.1. The summed E-state index contributed by atoms with van der Waals surface area (Å²) in [6.07, 6.45) is 14.3. The molecule has 1 heterocycles. The van der Waals surface area contributed by atoms with E-state index in [2.05, 4.69) is 37.9 Å². The largest absolute Gasteiger partial charge is 0.303 e. The van der Waals surface area contributed by atoms with Gasteiger partial charge in [-0.15, -0.1) is 0 Å². The summed E-state index contributed by atoms with van der Waals surface area (Å²) in [6.45, 7) is 6.11. The van der Waals surface area contributed by atoms with E-state index in [0.717, 1.165) is 5.92 Å². The van der Waals surface area contributed by atoms with Crippen molar-refractivity contribution < 1.29 is 4.79 Å². The van der Waals surface area contributed by atoms with Crippen molar-refractivity contribution in [2.75, 3.05) is 13.6 Å². The molecule has 2 nitrogen and oxygen atoms in total. The Labute approximate surface area is 146 Å². The number of likely N-dealkylation sites (tertiary alicyclic amines) is 1. The Balaban J connectivity index is 1.58. The van der Waals surface area contributed by atoms with Crippen LogP contribution >= 0.6 is 0 Å². The summed E-state index contributed by atoms with van der Waals surface area (Å²) in [5.41, 5.74) is 2.03. The van der Waals surface area contributed by atoms with Gasteiger partial charge in [0.2, 0.25) is 0 Å². The second-order valence-electron chi connectivity index (χ2n) is 9.71. The molecule has 7 atom stereocenters. The zero-order valence-corrected chi connectivity index (χ0v) is 15.4. The molecule has 0 N–H and O–H groups in total. The van der Waals surface area contributed by atoms with E-state index in [4.69, 9.17) is 0 Å². The number of carbonyl (C=O) groups is 1. The topological polar surface area (TPSA) is 20.3 Å². The van der Waals surface area contributed by atoms with Gasteiger partial charge in [0.15, 0.2) is 5.78 Å². The molecule has 0 bridgehead atoms. The van der Waals surface area contributed by atoms with Crippen LogP contribution in [0.25, 0.3) is 0 Å². The Hall–Kier alpha value is -0.890.